The Morgan fingerprint density at radius 3 is 2.55 bits per heavy atom. The molecule has 202 valence electrons. The van der Waals surface area contributed by atoms with Gasteiger partial charge in [0.15, 0.2) is 0 Å². The molecule has 0 spiro atoms. The van der Waals surface area contributed by atoms with E-state index in [4.69, 9.17) is 9.47 Å². The zero-order chi connectivity index (χ0) is 26.7. The van der Waals surface area contributed by atoms with Crippen molar-refractivity contribution in [1.29, 1.82) is 0 Å². The van der Waals surface area contributed by atoms with E-state index < -0.39 is 0 Å². The van der Waals surface area contributed by atoms with Crippen molar-refractivity contribution in [2.24, 2.45) is 0 Å². The van der Waals surface area contributed by atoms with Crippen LogP contribution in [0.3, 0.4) is 0 Å². The summed E-state index contributed by atoms with van der Waals surface area (Å²) in [5, 5.41) is 6.63. The lowest BCUT2D eigenvalue weighted by molar-refractivity contribution is 0.0934. The molecule has 3 aromatic carbocycles. The van der Waals surface area contributed by atoms with Crippen LogP contribution >= 0.6 is 0 Å². The second-order valence-corrected chi connectivity index (χ2v) is 9.81. The normalized spacial score (nSPS) is 15.2. The summed E-state index contributed by atoms with van der Waals surface area (Å²) in [5.41, 5.74) is 6.52. The van der Waals surface area contributed by atoms with Gasteiger partial charge in [0.25, 0.3) is 5.91 Å². The number of hydrogen-bond donors (Lipinski definition) is 2. The molecule has 38 heavy (non-hydrogen) atoms. The predicted octanol–water partition coefficient (Wildman–Crippen LogP) is 4.90. The first-order valence-electron chi connectivity index (χ1n) is 13.8. The Hall–Kier alpha value is -3.19. The summed E-state index contributed by atoms with van der Waals surface area (Å²) in [6, 6.07) is 23.0. The smallest absolute Gasteiger partial charge is 0.251 e. The van der Waals surface area contributed by atoms with Gasteiger partial charge in [0.2, 0.25) is 0 Å². The van der Waals surface area contributed by atoms with E-state index in [1.165, 1.54) is 22.3 Å². The molecule has 0 radical (unpaired) electrons. The lowest BCUT2D eigenvalue weighted by atomic mass is 9.99. The Morgan fingerprint density at radius 2 is 1.76 bits per heavy atom. The molecule has 0 aliphatic carbocycles. The minimum Gasteiger partial charge on any atom is -0.491 e. The van der Waals surface area contributed by atoms with Crippen LogP contribution in [0.4, 0.5) is 0 Å². The Balaban J connectivity index is 1.53. The first kappa shape index (κ1) is 27.8. The van der Waals surface area contributed by atoms with Crippen molar-refractivity contribution in [3.05, 3.63) is 100 Å². The van der Waals surface area contributed by atoms with Crippen LogP contribution in [0.2, 0.25) is 0 Å². The summed E-state index contributed by atoms with van der Waals surface area (Å²) in [4.78, 5) is 15.7. The monoisotopic (exact) mass is 515 g/mol. The van der Waals surface area contributed by atoms with Crippen molar-refractivity contribution in [1.82, 2.24) is 15.5 Å². The molecule has 1 aliphatic heterocycles. The highest BCUT2D eigenvalue weighted by Crippen LogP contribution is 2.25. The van der Waals surface area contributed by atoms with Crippen molar-refractivity contribution >= 4 is 5.91 Å². The van der Waals surface area contributed by atoms with Gasteiger partial charge < -0.3 is 20.1 Å². The lowest BCUT2D eigenvalue weighted by Crippen LogP contribution is -2.38. The van der Waals surface area contributed by atoms with Crippen molar-refractivity contribution in [3.8, 4) is 5.75 Å². The molecule has 0 fully saturated rings. The molecule has 2 bridgehead atoms. The largest absolute Gasteiger partial charge is 0.491 e. The first-order valence-corrected chi connectivity index (χ1v) is 13.8. The number of carbonyl (C=O) groups excluding carboxylic acids is 1. The maximum absolute atomic E-state index is 13.4. The summed E-state index contributed by atoms with van der Waals surface area (Å²) in [6.45, 7) is 12.1. The third kappa shape index (κ3) is 7.67. The van der Waals surface area contributed by atoms with Gasteiger partial charge in [-0.05, 0) is 60.5 Å². The van der Waals surface area contributed by atoms with Crippen molar-refractivity contribution < 1.29 is 14.3 Å². The fourth-order valence-corrected chi connectivity index (χ4v) is 4.96. The molecule has 6 nitrogen and oxygen atoms in total. The minimum absolute atomic E-state index is 0.0715. The van der Waals surface area contributed by atoms with E-state index in [0.29, 0.717) is 38.3 Å². The predicted molar refractivity (Wildman–Crippen MR) is 153 cm³/mol. The summed E-state index contributed by atoms with van der Waals surface area (Å²) in [7, 11) is 0. The maximum atomic E-state index is 13.4. The number of nitrogens with one attached hydrogen (secondary N) is 2. The molecule has 1 amide bonds. The number of carbonyl (C=O) groups is 1. The number of aryl methyl sites for hydroxylation is 1. The number of nitrogens with zero attached hydrogens (tertiary/aromatic N) is 1. The number of fused-ring (bicyclic) bond motifs is 3. The highest BCUT2D eigenvalue weighted by atomic mass is 16.5. The Kier molecular flexibility index (Phi) is 10.3. The maximum Gasteiger partial charge on any atom is 0.251 e. The lowest BCUT2D eigenvalue weighted by Gasteiger charge is -2.30. The molecule has 0 saturated heterocycles. The van der Waals surface area contributed by atoms with Crippen LogP contribution < -0.4 is 15.4 Å². The third-order valence-corrected chi connectivity index (χ3v) is 7.12. The van der Waals surface area contributed by atoms with Gasteiger partial charge >= 0.3 is 0 Å². The van der Waals surface area contributed by atoms with Gasteiger partial charge in [0, 0.05) is 31.6 Å². The van der Waals surface area contributed by atoms with Gasteiger partial charge in [-0.1, -0.05) is 67.9 Å². The Bertz CT molecular complexity index is 1170. The first-order chi connectivity index (χ1) is 18.6. The van der Waals surface area contributed by atoms with E-state index in [2.05, 4.69) is 84.8 Å². The number of hydrogen-bond acceptors (Lipinski definition) is 5. The van der Waals surface area contributed by atoms with Gasteiger partial charge in [0.05, 0.1) is 19.3 Å². The van der Waals surface area contributed by atoms with Gasteiger partial charge in [-0.3, -0.25) is 9.69 Å². The van der Waals surface area contributed by atoms with Crippen molar-refractivity contribution in [2.75, 3.05) is 46.0 Å². The van der Waals surface area contributed by atoms with Crippen LogP contribution in [0.15, 0.2) is 66.7 Å². The average Bonchev–Trinajstić information content (AvgIpc) is 2.93. The molecular weight excluding hydrogens is 474 g/mol. The van der Waals surface area contributed by atoms with Crippen molar-refractivity contribution in [3.63, 3.8) is 0 Å². The van der Waals surface area contributed by atoms with E-state index >= 15 is 0 Å². The fourth-order valence-electron chi connectivity index (χ4n) is 4.96. The molecule has 2 N–H and O–H groups in total. The molecule has 1 atom stereocenters. The molecule has 6 heteroatoms. The summed E-state index contributed by atoms with van der Waals surface area (Å²) in [5.74, 6) is 0.726. The zero-order valence-corrected chi connectivity index (χ0v) is 23.0. The van der Waals surface area contributed by atoms with Crippen LogP contribution in [0.25, 0.3) is 0 Å². The van der Waals surface area contributed by atoms with Gasteiger partial charge in [-0.25, -0.2) is 0 Å². The number of likely N-dealkylation sites (N-methyl/N-ethyl adjacent to an activating group) is 1. The highest BCUT2D eigenvalue weighted by molar-refractivity contribution is 5.94. The van der Waals surface area contributed by atoms with E-state index in [-0.39, 0.29) is 11.9 Å². The quantitative estimate of drug-likeness (QED) is 0.469. The molecule has 1 unspecified atom stereocenters. The molecule has 0 saturated carbocycles. The molecule has 1 heterocycles. The van der Waals surface area contributed by atoms with E-state index in [1.807, 2.05) is 18.2 Å². The summed E-state index contributed by atoms with van der Waals surface area (Å²) < 4.78 is 11.8. The Labute approximate surface area is 227 Å². The Morgan fingerprint density at radius 1 is 0.974 bits per heavy atom. The summed E-state index contributed by atoms with van der Waals surface area (Å²) >= 11 is 0. The van der Waals surface area contributed by atoms with E-state index in [0.717, 1.165) is 37.5 Å². The topological polar surface area (TPSA) is 62.8 Å². The van der Waals surface area contributed by atoms with Crippen LogP contribution in [-0.4, -0.2) is 56.8 Å². The van der Waals surface area contributed by atoms with Crippen LogP contribution in [-0.2, 0) is 17.7 Å². The molecule has 0 aromatic heterocycles. The second-order valence-electron chi connectivity index (χ2n) is 9.81. The fraction of sp³-hybridized carbons (Fsp3) is 0.406. The van der Waals surface area contributed by atoms with Crippen LogP contribution in [0.5, 0.6) is 5.75 Å². The molecule has 1 aliphatic rings. The van der Waals surface area contributed by atoms with Crippen LogP contribution in [0.1, 0.15) is 58.1 Å². The van der Waals surface area contributed by atoms with Gasteiger partial charge in [-0.15, -0.1) is 0 Å². The number of ether oxygens (including phenoxy) is 2. The number of benzene rings is 3. The standard InChI is InChI=1S/C32H41N3O3/c1-4-35(5-2)30(27-11-9-24(3)10-12-27)23-34-32(36)28-13-14-31-29(21-28)20-25-7-6-8-26(19-25)22-33-15-16-37-17-18-38-31/h6-14,19,21,30,33H,4-5,15-18,20,22-23H2,1-3H3,(H,34,36). The number of amides is 1. The SMILES string of the molecule is CCN(CC)C(CNC(=O)c1ccc2c(c1)Cc1cccc(c1)CNCCOCCO2)c1ccc(C)cc1. The highest BCUT2D eigenvalue weighted by Gasteiger charge is 2.20. The molecular formula is C32H41N3O3. The van der Waals surface area contributed by atoms with Crippen molar-refractivity contribution in [2.45, 2.75) is 39.8 Å². The molecule has 4 rings (SSSR count). The minimum atomic E-state index is -0.0715. The second kappa shape index (κ2) is 14.1. The van der Waals surface area contributed by atoms with Crippen LogP contribution in [0, 0.1) is 6.92 Å². The average molecular weight is 516 g/mol. The molecule has 3 aromatic rings. The van der Waals surface area contributed by atoms with E-state index in [1.54, 1.807) is 0 Å². The number of rotatable bonds is 7. The van der Waals surface area contributed by atoms with Gasteiger partial charge in [0.1, 0.15) is 12.4 Å². The third-order valence-electron chi connectivity index (χ3n) is 7.12. The van der Waals surface area contributed by atoms with Gasteiger partial charge in [-0.2, -0.15) is 0 Å². The summed E-state index contributed by atoms with van der Waals surface area (Å²) in [6.07, 6.45) is 0.691. The van der Waals surface area contributed by atoms with E-state index in [9.17, 15) is 4.79 Å². The zero-order valence-electron chi connectivity index (χ0n) is 23.0.